The molecule has 172 valence electrons. The first-order valence-corrected chi connectivity index (χ1v) is 11.7. The van der Waals surface area contributed by atoms with E-state index < -0.39 is 28.0 Å². The van der Waals surface area contributed by atoms with Crippen molar-refractivity contribution >= 4 is 39.5 Å². The summed E-state index contributed by atoms with van der Waals surface area (Å²) in [5.74, 6) is -0.901. The van der Waals surface area contributed by atoms with Crippen molar-refractivity contribution in [2.75, 3.05) is 19.6 Å². The molecule has 11 nitrogen and oxygen atoms in total. The summed E-state index contributed by atoms with van der Waals surface area (Å²) in [5.41, 5.74) is 0.871. The zero-order valence-corrected chi connectivity index (χ0v) is 18.6. The number of sulfonamides is 1. The number of H-pyrrole nitrogens is 1. The average molecular weight is 483 g/mol. The Kier molecular flexibility index (Phi) is 7.70. The van der Waals surface area contributed by atoms with Gasteiger partial charge < -0.3 is 20.5 Å². The molecule has 3 rings (SSSR count). The maximum atomic E-state index is 12.6. The normalized spacial score (nSPS) is 15.9. The lowest BCUT2D eigenvalue weighted by Gasteiger charge is -2.24. The molecule has 32 heavy (non-hydrogen) atoms. The molecular weight excluding hydrogens is 460 g/mol. The Balaban J connectivity index is 1.49. The van der Waals surface area contributed by atoms with Gasteiger partial charge in [0.2, 0.25) is 11.8 Å². The Hall–Kier alpha value is -3.12. The number of aromatic nitrogens is 2. The van der Waals surface area contributed by atoms with Crippen LogP contribution in [0.2, 0.25) is 5.02 Å². The molecule has 1 fully saturated rings. The Morgan fingerprint density at radius 3 is 2.62 bits per heavy atom. The van der Waals surface area contributed by atoms with Gasteiger partial charge >= 0.3 is 6.03 Å². The molecule has 1 aromatic carbocycles. The van der Waals surface area contributed by atoms with Gasteiger partial charge in [-0.15, -0.1) is 0 Å². The fraction of sp³-hybridized carbons (Fsp3) is 0.368. The van der Waals surface area contributed by atoms with E-state index in [2.05, 4.69) is 20.6 Å². The Morgan fingerprint density at radius 2 is 1.94 bits per heavy atom. The van der Waals surface area contributed by atoms with Gasteiger partial charge in [0.25, 0.3) is 10.0 Å². The number of nitrogens with zero attached hydrogens (tertiary/aromatic N) is 2. The summed E-state index contributed by atoms with van der Waals surface area (Å²) < 4.78 is 26.8. The molecule has 0 saturated carbocycles. The molecule has 1 saturated heterocycles. The number of urea groups is 1. The van der Waals surface area contributed by atoms with E-state index in [1.807, 2.05) is 4.72 Å². The minimum atomic E-state index is -4.12. The first-order valence-electron chi connectivity index (χ1n) is 9.87. The van der Waals surface area contributed by atoms with Crippen molar-refractivity contribution in [3.63, 3.8) is 0 Å². The molecule has 4 N–H and O–H groups in total. The number of carbonyl (C=O) groups is 3. The fourth-order valence-corrected chi connectivity index (χ4v) is 4.32. The van der Waals surface area contributed by atoms with Gasteiger partial charge in [-0.1, -0.05) is 11.6 Å². The van der Waals surface area contributed by atoms with E-state index in [0.717, 1.165) is 10.6 Å². The molecular formula is C19H23ClN6O5S. The van der Waals surface area contributed by atoms with Crippen molar-refractivity contribution in [2.24, 2.45) is 0 Å². The van der Waals surface area contributed by atoms with E-state index in [0.29, 0.717) is 30.8 Å². The molecule has 13 heteroatoms. The van der Waals surface area contributed by atoms with Crippen molar-refractivity contribution in [3.8, 4) is 0 Å². The van der Waals surface area contributed by atoms with E-state index in [-0.39, 0.29) is 23.9 Å². The Bertz CT molecular complexity index is 1060. The van der Waals surface area contributed by atoms with Gasteiger partial charge in [0.15, 0.2) is 0 Å². The molecule has 1 aliphatic heterocycles. The zero-order chi connectivity index (χ0) is 23.1. The quantitative estimate of drug-likeness (QED) is 0.427. The van der Waals surface area contributed by atoms with Crippen LogP contribution in [0, 0.1) is 0 Å². The molecule has 1 aromatic heterocycles. The SMILES string of the molecule is O=C(CNC(=O)[C@@H]1CCCN1C(=O)NS(=O)(=O)c1ccc(Cl)cc1)NCCc1cnc[nH]1. The van der Waals surface area contributed by atoms with Crippen LogP contribution in [0.1, 0.15) is 18.5 Å². The smallest absolute Gasteiger partial charge is 0.331 e. The summed E-state index contributed by atoms with van der Waals surface area (Å²) in [5, 5.41) is 5.53. The number of rotatable bonds is 8. The number of hydrogen-bond donors (Lipinski definition) is 4. The van der Waals surface area contributed by atoms with Crippen molar-refractivity contribution in [1.29, 1.82) is 0 Å². The fourth-order valence-electron chi connectivity index (χ4n) is 3.23. The lowest BCUT2D eigenvalue weighted by molar-refractivity contribution is -0.128. The summed E-state index contributed by atoms with van der Waals surface area (Å²) in [6.45, 7) is 0.338. The van der Waals surface area contributed by atoms with Crippen molar-refractivity contribution in [2.45, 2.75) is 30.2 Å². The van der Waals surface area contributed by atoms with Crippen LogP contribution >= 0.6 is 11.6 Å². The number of imidazole rings is 1. The standard InChI is InChI=1S/C19H23ClN6O5S/c20-13-3-5-15(6-4-13)32(30,31)25-19(29)26-9-1-2-16(26)18(28)23-11-17(27)22-8-7-14-10-21-12-24-14/h3-6,10,12,16H,1-2,7-9,11H2,(H,21,24)(H,22,27)(H,23,28)(H,25,29)/t16-/m0/s1. The second kappa shape index (κ2) is 10.5. The van der Waals surface area contributed by atoms with E-state index in [4.69, 9.17) is 11.6 Å². The molecule has 0 aliphatic carbocycles. The highest BCUT2D eigenvalue weighted by Gasteiger charge is 2.35. The van der Waals surface area contributed by atoms with Gasteiger partial charge in [-0.2, -0.15) is 0 Å². The van der Waals surface area contributed by atoms with Gasteiger partial charge in [0.05, 0.1) is 17.8 Å². The highest BCUT2D eigenvalue weighted by Crippen LogP contribution is 2.19. The highest BCUT2D eigenvalue weighted by atomic mass is 35.5. The number of nitrogens with one attached hydrogen (secondary N) is 4. The Labute approximate surface area is 190 Å². The molecule has 2 heterocycles. The molecule has 2 aromatic rings. The van der Waals surface area contributed by atoms with Crippen LogP contribution in [0.15, 0.2) is 41.7 Å². The van der Waals surface area contributed by atoms with E-state index >= 15 is 0 Å². The summed E-state index contributed by atoms with van der Waals surface area (Å²) in [4.78, 5) is 44.8. The van der Waals surface area contributed by atoms with Crippen molar-refractivity contribution in [3.05, 3.63) is 47.5 Å². The zero-order valence-electron chi connectivity index (χ0n) is 17.0. The molecule has 0 unspecified atom stereocenters. The minimum absolute atomic E-state index is 0.123. The predicted molar refractivity (Wildman–Crippen MR) is 115 cm³/mol. The number of benzene rings is 1. The molecule has 0 bridgehead atoms. The number of amides is 4. The van der Waals surface area contributed by atoms with E-state index in [1.165, 1.54) is 24.3 Å². The molecule has 1 aliphatic rings. The van der Waals surface area contributed by atoms with Crippen LogP contribution in [-0.4, -0.2) is 66.8 Å². The lowest BCUT2D eigenvalue weighted by Crippen LogP contribution is -2.51. The Morgan fingerprint density at radius 1 is 1.19 bits per heavy atom. The molecule has 4 amide bonds. The van der Waals surface area contributed by atoms with Crippen LogP contribution in [0.3, 0.4) is 0 Å². The second-order valence-electron chi connectivity index (χ2n) is 7.11. The highest BCUT2D eigenvalue weighted by molar-refractivity contribution is 7.90. The van der Waals surface area contributed by atoms with Gasteiger partial charge in [-0.05, 0) is 37.1 Å². The van der Waals surface area contributed by atoms with Crippen molar-refractivity contribution in [1.82, 2.24) is 30.2 Å². The summed E-state index contributed by atoms with van der Waals surface area (Å²) in [6.07, 6.45) is 4.66. The number of hydrogen-bond acceptors (Lipinski definition) is 6. The average Bonchev–Trinajstić information content (AvgIpc) is 3.44. The van der Waals surface area contributed by atoms with Gasteiger partial charge in [-0.25, -0.2) is 22.9 Å². The van der Waals surface area contributed by atoms with Gasteiger partial charge in [0.1, 0.15) is 6.04 Å². The molecule has 1 atom stereocenters. The maximum Gasteiger partial charge on any atom is 0.331 e. The monoisotopic (exact) mass is 482 g/mol. The van der Waals surface area contributed by atoms with Crippen molar-refractivity contribution < 1.29 is 22.8 Å². The van der Waals surface area contributed by atoms with Crippen LogP contribution in [-0.2, 0) is 26.0 Å². The minimum Gasteiger partial charge on any atom is -0.354 e. The molecule has 0 radical (unpaired) electrons. The number of halogens is 1. The number of carbonyl (C=O) groups excluding carboxylic acids is 3. The van der Waals surface area contributed by atoms with E-state index in [9.17, 15) is 22.8 Å². The van der Waals surface area contributed by atoms with Crippen LogP contribution in [0.5, 0.6) is 0 Å². The third-order valence-corrected chi connectivity index (χ3v) is 6.44. The predicted octanol–water partition coefficient (Wildman–Crippen LogP) is 0.401. The topological polar surface area (TPSA) is 153 Å². The van der Waals surface area contributed by atoms with Crippen LogP contribution < -0.4 is 15.4 Å². The van der Waals surface area contributed by atoms with Gasteiger partial charge in [0, 0.05) is 36.4 Å². The van der Waals surface area contributed by atoms with Gasteiger partial charge in [-0.3, -0.25) is 9.59 Å². The summed E-state index contributed by atoms with van der Waals surface area (Å²) >= 11 is 5.76. The molecule has 0 spiro atoms. The third kappa shape index (κ3) is 6.20. The van der Waals surface area contributed by atoms with Crippen LogP contribution in [0.25, 0.3) is 0 Å². The lowest BCUT2D eigenvalue weighted by atomic mass is 10.2. The van der Waals surface area contributed by atoms with E-state index in [1.54, 1.807) is 12.5 Å². The maximum absolute atomic E-state index is 12.6. The summed E-state index contributed by atoms with van der Waals surface area (Å²) in [7, 11) is -4.12. The number of aromatic amines is 1. The largest absolute Gasteiger partial charge is 0.354 e. The third-order valence-electron chi connectivity index (χ3n) is 4.86. The second-order valence-corrected chi connectivity index (χ2v) is 9.23. The number of likely N-dealkylation sites (tertiary alicyclic amines) is 1. The first-order chi connectivity index (χ1) is 15.3. The van der Waals surface area contributed by atoms with Crippen LogP contribution in [0.4, 0.5) is 4.79 Å². The summed E-state index contributed by atoms with van der Waals surface area (Å²) in [6, 6.07) is 3.57. The first kappa shape index (κ1) is 23.5.